The first-order chi connectivity index (χ1) is 3.43. The SMILES string of the molecule is N=CN1C=CNC1. The van der Waals surface area contributed by atoms with E-state index < -0.39 is 0 Å². The van der Waals surface area contributed by atoms with Crippen LogP contribution in [0.15, 0.2) is 12.4 Å². The fourth-order valence-electron chi connectivity index (χ4n) is 0.448. The van der Waals surface area contributed by atoms with Crippen molar-refractivity contribution >= 4 is 6.34 Å². The molecule has 1 aliphatic rings. The van der Waals surface area contributed by atoms with E-state index in [1.54, 1.807) is 4.90 Å². The van der Waals surface area contributed by atoms with Gasteiger partial charge in [-0.05, 0) is 0 Å². The lowest BCUT2D eigenvalue weighted by Gasteiger charge is -2.02. The molecule has 0 saturated heterocycles. The van der Waals surface area contributed by atoms with Gasteiger partial charge in [-0.3, -0.25) is 5.41 Å². The number of rotatable bonds is 1. The lowest BCUT2D eigenvalue weighted by atomic mass is 10.8. The molecule has 0 aromatic rings. The van der Waals surface area contributed by atoms with Crippen molar-refractivity contribution in [3.8, 4) is 0 Å². The molecule has 1 aliphatic heterocycles. The molecular formula is C4H7N3. The number of nitrogens with one attached hydrogen (secondary N) is 2. The van der Waals surface area contributed by atoms with E-state index in [9.17, 15) is 0 Å². The normalized spacial score (nSPS) is 16.9. The van der Waals surface area contributed by atoms with Crippen molar-refractivity contribution in [2.75, 3.05) is 6.67 Å². The Morgan fingerprint density at radius 1 is 1.86 bits per heavy atom. The zero-order chi connectivity index (χ0) is 5.11. The molecule has 0 radical (unpaired) electrons. The van der Waals surface area contributed by atoms with E-state index in [1.807, 2.05) is 12.4 Å². The van der Waals surface area contributed by atoms with Crippen molar-refractivity contribution in [3.63, 3.8) is 0 Å². The molecule has 0 aromatic heterocycles. The van der Waals surface area contributed by atoms with E-state index in [2.05, 4.69) is 5.32 Å². The smallest absolute Gasteiger partial charge is 0.0924 e. The fourth-order valence-corrected chi connectivity index (χ4v) is 0.448. The van der Waals surface area contributed by atoms with E-state index in [-0.39, 0.29) is 0 Å². The second-order valence-corrected chi connectivity index (χ2v) is 1.32. The maximum absolute atomic E-state index is 6.71. The third kappa shape index (κ3) is 0.707. The van der Waals surface area contributed by atoms with E-state index in [4.69, 9.17) is 5.41 Å². The van der Waals surface area contributed by atoms with Crippen molar-refractivity contribution in [2.24, 2.45) is 0 Å². The summed E-state index contributed by atoms with van der Waals surface area (Å²) in [7, 11) is 0. The van der Waals surface area contributed by atoms with Gasteiger partial charge in [0.1, 0.15) is 0 Å². The zero-order valence-corrected chi connectivity index (χ0v) is 3.89. The van der Waals surface area contributed by atoms with Crippen molar-refractivity contribution < 1.29 is 0 Å². The van der Waals surface area contributed by atoms with E-state index >= 15 is 0 Å². The van der Waals surface area contributed by atoms with Crippen LogP contribution in [0.3, 0.4) is 0 Å². The molecule has 3 heteroatoms. The van der Waals surface area contributed by atoms with Crippen LogP contribution in [0.4, 0.5) is 0 Å². The molecule has 1 rings (SSSR count). The third-order valence-electron chi connectivity index (χ3n) is 0.824. The van der Waals surface area contributed by atoms with Crippen molar-refractivity contribution in [1.82, 2.24) is 10.2 Å². The quantitative estimate of drug-likeness (QED) is 0.355. The molecule has 0 amide bonds. The molecule has 3 nitrogen and oxygen atoms in total. The highest BCUT2D eigenvalue weighted by atomic mass is 15.2. The van der Waals surface area contributed by atoms with Crippen LogP contribution in [0.5, 0.6) is 0 Å². The Kier molecular flexibility index (Phi) is 0.978. The van der Waals surface area contributed by atoms with E-state index in [0.717, 1.165) is 6.67 Å². The average Bonchev–Trinajstić information content (AvgIpc) is 2.14. The molecule has 0 atom stereocenters. The Morgan fingerprint density at radius 2 is 2.71 bits per heavy atom. The summed E-state index contributed by atoms with van der Waals surface area (Å²) < 4.78 is 0. The van der Waals surface area contributed by atoms with Gasteiger partial charge in [-0.25, -0.2) is 0 Å². The molecule has 0 bridgehead atoms. The topological polar surface area (TPSA) is 39.1 Å². The molecule has 0 spiro atoms. The fraction of sp³-hybridized carbons (Fsp3) is 0.250. The van der Waals surface area contributed by atoms with Gasteiger partial charge < -0.3 is 10.2 Å². The third-order valence-corrected chi connectivity index (χ3v) is 0.824. The zero-order valence-electron chi connectivity index (χ0n) is 3.89. The molecule has 0 aliphatic carbocycles. The maximum Gasteiger partial charge on any atom is 0.0924 e. The molecule has 0 fully saturated rings. The lowest BCUT2D eigenvalue weighted by molar-refractivity contribution is 0.584. The van der Waals surface area contributed by atoms with Gasteiger partial charge in [0.15, 0.2) is 0 Å². The molecule has 1 heterocycles. The molecule has 2 N–H and O–H groups in total. The minimum absolute atomic E-state index is 0.740. The predicted octanol–water partition coefficient (Wildman–Crippen LogP) is -0.0726. The van der Waals surface area contributed by atoms with Crippen LogP contribution in [-0.2, 0) is 0 Å². The monoisotopic (exact) mass is 97.1 g/mol. The first kappa shape index (κ1) is 4.18. The number of hydrogen-bond acceptors (Lipinski definition) is 2. The summed E-state index contributed by atoms with van der Waals surface area (Å²) in [6.07, 6.45) is 4.90. The first-order valence-corrected chi connectivity index (χ1v) is 2.10. The summed E-state index contributed by atoms with van der Waals surface area (Å²) >= 11 is 0. The highest BCUT2D eigenvalue weighted by molar-refractivity contribution is 5.52. The van der Waals surface area contributed by atoms with Gasteiger partial charge in [0.25, 0.3) is 0 Å². The van der Waals surface area contributed by atoms with Crippen molar-refractivity contribution in [3.05, 3.63) is 12.4 Å². The van der Waals surface area contributed by atoms with Crippen LogP contribution in [0.1, 0.15) is 0 Å². The van der Waals surface area contributed by atoms with Crippen LogP contribution in [0.2, 0.25) is 0 Å². The summed E-state index contributed by atoms with van der Waals surface area (Å²) in [5.74, 6) is 0. The average molecular weight is 97.1 g/mol. The van der Waals surface area contributed by atoms with Gasteiger partial charge in [0.05, 0.1) is 13.0 Å². The van der Waals surface area contributed by atoms with Gasteiger partial charge in [-0.15, -0.1) is 0 Å². The predicted molar refractivity (Wildman–Crippen MR) is 27.8 cm³/mol. The number of nitrogens with zero attached hydrogens (tertiary/aromatic N) is 1. The highest BCUT2D eigenvalue weighted by Crippen LogP contribution is 1.86. The van der Waals surface area contributed by atoms with E-state index in [1.165, 1.54) is 6.34 Å². The minimum Gasteiger partial charge on any atom is -0.372 e. The Balaban J connectivity index is 2.42. The van der Waals surface area contributed by atoms with Gasteiger partial charge in [0, 0.05) is 12.4 Å². The summed E-state index contributed by atoms with van der Waals surface area (Å²) in [5.41, 5.74) is 0. The molecule has 0 aromatic carbocycles. The van der Waals surface area contributed by atoms with Crippen LogP contribution >= 0.6 is 0 Å². The molecule has 7 heavy (non-hydrogen) atoms. The Hall–Kier alpha value is -0.990. The number of hydrogen-bond donors (Lipinski definition) is 2. The summed E-state index contributed by atoms with van der Waals surface area (Å²) in [4.78, 5) is 1.74. The van der Waals surface area contributed by atoms with Gasteiger partial charge in [-0.2, -0.15) is 0 Å². The summed E-state index contributed by atoms with van der Waals surface area (Å²) in [6, 6.07) is 0. The maximum atomic E-state index is 6.71. The highest BCUT2D eigenvalue weighted by Gasteiger charge is 1.94. The lowest BCUT2D eigenvalue weighted by Crippen LogP contribution is -2.17. The van der Waals surface area contributed by atoms with Crippen LogP contribution in [0, 0.1) is 5.41 Å². The summed E-state index contributed by atoms with van der Waals surface area (Å²) in [5, 5.41) is 9.63. The van der Waals surface area contributed by atoms with Gasteiger partial charge in [0.2, 0.25) is 0 Å². The second-order valence-electron chi connectivity index (χ2n) is 1.32. The van der Waals surface area contributed by atoms with Gasteiger partial charge in [-0.1, -0.05) is 0 Å². The second kappa shape index (κ2) is 1.64. The van der Waals surface area contributed by atoms with Gasteiger partial charge >= 0.3 is 0 Å². The minimum atomic E-state index is 0.740. The Labute approximate surface area is 42.1 Å². The van der Waals surface area contributed by atoms with Crippen molar-refractivity contribution in [2.45, 2.75) is 0 Å². The first-order valence-electron chi connectivity index (χ1n) is 2.10. The van der Waals surface area contributed by atoms with E-state index in [0.29, 0.717) is 0 Å². The molecule has 0 saturated carbocycles. The standard InChI is InChI=1S/C4H7N3/c5-3-7-2-1-6-4-7/h1-3,5-6H,4H2. The van der Waals surface area contributed by atoms with Crippen LogP contribution in [0.25, 0.3) is 0 Å². The Morgan fingerprint density at radius 3 is 3.00 bits per heavy atom. The van der Waals surface area contributed by atoms with Crippen molar-refractivity contribution in [1.29, 1.82) is 5.41 Å². The summed E-state index contributed by atoms with van der Waals surface area (Å²) in [6.45, 7) is 0.740. The Bertz CT molecular complexity index is 97.1. The van der Waals surface area contributed by atoms with Crippen LogP contribution in [-0.4, -0.2) is 17.9 Å². The molecule has 0 unspecified atom stereocenters. The molecular weight excluding hydrogens is 90.1 g/mol. The van der Waals surface area contributed by atoms with Crippen LogP contribution < -0.4 is 5.32 Å². The largest absolute Gasteiger partial charge is 0.372 e. The molecule has 38 valence electrons.